The highest BCUT2D eigenvalue weighted by Crippen LogP contribution is 2.31. The van der Waals surface area contributed by atoms with E-state index in [0.29, 0.717) is 24.6 Å². The van der Waals surface area contributed by atoms with Crippen LogP contribution in [0.4, 0.5) is 0 Å². The second-order valence-corrected chi connectivity index (χ2v) is 5.93. The lowest BCUT2D eigenvalue weighted by Crippen LogP contribution is -2.46. The third kappa shape index (κ3) is 3.53. The largest absolute Gasteiger partial charge is 0.485 e. The number of carbonyl (C=O) groups excluding carboxylic acids is 1. The normalized spacial score (nSPS) is 16.0. The van der Waals surface area contributed by atoms with E-state index in [1.807, 2.05) is 47.0 Å². The number of fused-ring (bicyclic) bond motifs is 1. The van der Waals surface area contributed by atoms with Gasteiger partial charge in [0.15, 0.2) is 11.5 Å². The van der Waals surface area contributed by atoms with Crippen LogP contribution in [0.3, 0.4) is 0 Å². The summed E-state index contributed by atoms with van der Waals surface area (Å²) in [5.41, 5.74) is 0. The van der Waals surface area contributed by atoms with Crippen LogP contribution in [0.2, 0.25) is 0 Å². The number of unbranched alkanes of at least 4 members (excludes halogenated alkanes) is 1. The molecule has 0 N–H and O–H groups in total. The van der Waals surface area contributed by atoms with Crippen LogP contribution >= 0.6 is 0 Å². The average Bonchev–Trinajstić information content (AvgIpc) is 3.02. The minimum Gasteiger partial charge on any atom is -0.485 e. The molecule has 128 valence electrons. The van der Waals surface area contributed by atoms with E-state index in [4.69, 9.17) is 9.47 Å². The van der Waals surface area contributed by atoms with Crippen molar-refractivity contribution in [2.75, 3.05) is 13.2 Å². The van der Waals surface area contributed by atoms with E-state index in [1.165, 1.54) is 0 Å². The van der Waals surface area contributed by atoms with Crippen molar-refractivity contribution in [1.29, 1.82) is 0 Å². The first-order chi connectivity index (χ1) is 11.7. The third-order valence-corrected chi connectivity index (χ3v) is 4.13. The van der Waals surface area contributed by atoms with Gasteiger partial charge in [0, 0.05) is 26.0 Å². The summed E-state index contributed by atoms with van der Waals surface area (Å²) < 4.78 is 13.5. The predicted molar refractivity (Wildman–Crippen MR) is 89.9 cm³/mol. The predicted octanol–water partition coefficient (Wildman–Crippen LogP) is 2.39. The summed E-state index contributed by atoms with van der Waals surface area (Å²) in [5.74, 6) is 2.11. The van der Waals surface area contributed by atoms with Gasteiger partial charge in [0.2, 0.25) is 6.10 Å². The van der Waals surface area contributed by atoms with Gasteiger partial charge in [0.05, 0.1) is 6.54 Å². The minimum absolute atomic E-state index is 0.0547. The molecule has 1 amide bonds. The van der Waals surface area contributed by atoms with Crippen LogP contribution in [0.1, 0.15) is 25.6 Å². The maximum Gasteiger partial charge on any atom is 0.267 e. The summed E-state index contributed by atoms with van der Waals surface area (Å²) in [7, 11) is 1.93. The lowest BCUT2D eigenvalue weighted by atomic mass is 10.2. The molecule has 0 saturated carbocycles. The molecule has 0 fully saturated rings. The van der Waals surface area contributed by atoms with Crippen LogP contribution in [0.5, 0.6) is 11.5 Å². The van der Waals surface area contributed by atoms with E-state index in [1.54, 1.807) is 6.20 Å². The van der Waals surface area contributed by atoms with Gasteiger partial charge in [-0.2, -0.15) is 0 Å². The summed E-state index contributed by atoms with van der Waals surface area (Å²) in [6.07, 6.45) is 4.98. The van der Waals surface area contributed by atoms with Gasteiger partial charge in [-0.05, 0) is 18.6 Å². The van der Waals surface area contributed by atoms with Crippen LogP contribution in [-0.4, -0.2) is 39.6 Å². The Balaban J connectivity index is 1.72. The highest BCUT2D eigenvalue weighted by molar-refractivity contribution is 5.82. The van der Waals surface area contributed by atoms with Crippen LogP contribution in [-0.2, 0) is 18.4 Å². The van der Waals surface area contributed by atoms with E-state index in [0.717, 1.165) is 18.7 Å². The topological polar surface area (TPSA) is 56.6 Å². The van der Waals surface area contributed by atoms with Gasteiger partial charge < -0.3 is 18.9 Å². The summed E-state index contributed by atoms with van der Waals surface area (Å²) in [6, 6.07) is 7.43. The monoisotopic (exact) mass is 329 g/mol. The van der Waals surface area contributed by atoms with Gasteiger partial charge in [0.1, 0.15) is 12.4 Å². The molecule has 6 heteroatoms. The third-order valence-electron chi connectivity index (χ3n) is 4.13. The van der Waals surface area contributed by atoms with E-state index >= 15 is 0 Å². The Bertz CT molecular complexity index is 698. The fraction of sp³-hybridized carbons (Fsp3) is 0.444. The van der Waals surface area contributed by atoms with Crippen LogP contribution in [0.25, 0.3) is 0 Å². The van der Waals surface area contributed by atoms with Crippen molar-refractivity contribution in [2.45, 2.75) is 32.4 Å². The molecule has 1 atom stereocenters. The molecule has 0 spiro atoms. The lowest BCUT2D eigenvalue weighted by Gasteiger charge is -2.30. The molecule has 1 aliphatic heterocycles. The molecule has 0 unspecified atom stereocenters. The van der Waals surface area contributed by atoms with Crippen LogP contribution in [0, 0.1) is 0 Å². The molecule has 0 radical (unpaired) electrons. The maximum atomic E-state index is 12.9. The van der Waals surface area contributed by atoms with Crippen molar-refractivity contribution >= 4 is 5.91 Å². The van der Waals surface area contributed by atoms with Crippen molar-refractivity contribution in [3.63, 3.8) is 0 Å². The number of para-hydroxylation sites is 2. The summed E-state index contributed by atoms with van der Waals surface area (Å²) in [6.45, 7) is 3.51. The smallest absolute Gasteiger partial charge is 0.267 e. The highest BCUT2D eigenvalue weighted by Gasteiger charge is 2.31. The standard InChI is InChI=1S/C18H23N3O3/c1-3-4-10-21(12-17-19-9-11-20(17)2)18(22)16-13-23-14-7-5-6-8-15(14)24-16/h5-9,11,16H,3-4,10,12-13H2,1-2H3/t16-/m1/s1. The Morgan fingerprint density at radius 1 is 1.38 bits per heavy atom. The number of benzene rings is 1. The van der Waals surface area contributed by atoms with Crippen molar-refractivity contribution in [2.24, 2.45) is 7.05 Å². The number of rotatable bonds is 6. The van der Waals surface area contributed by atoms with Crippen molar-refractivity contribution in [3.05, 3.63) is 42.5 Å². The number of ether oxygens (including phenoxy) is 2. The zero-order valence-corrected chi connectivity index (χ0v) is 14.1. The Kier molecular flexibility index (Phi) is 5.03. The fourth-order valence-corrected chi connectivity index (χ4v) is 2.68. The van der Waals surface area contributed by atoms with Gasteiger partial charge in [-0.15, -0.1) is 0 Å². The first-order valence-corrected chi connectivity index (χ1v) is 8.32. The molecule has 0 bridgehead atoms. The molecule has 3 rings (SSSR count). The molecule has 24 heavy (non-hydrogen) atoms. The van der Waals surface area contributed by atoms with E-state index in [-0.39, 0.29) is 12.5 Å². The number of carbonyl (C=O) groups is 1. The first kappa shape index (κ1) is 16.4. The van der Waals surface area contributed by atoms with E-state index in [2.05, 4.69) is 11.9 Å². The Labute approximate surface area is 142 Å². The molecule has 0 saturated heterocycles. The van der Waals surface area contributed by atoms with E-state index < -0.39 is 6.10 Å². The van der Waals surface area contributed by atoms with Crippen LogP contribution < -0.4 is 9.47 Å². The average molecular weight is 329 g/mol. The minimum atomic E-state index is -0.614. The van der Waals surface area contributed by atoms with Gasteiger partial charge in [-0.25, -0.2) is 4.98 Å². The van der Waals surface area contributed by atoms with Crippen molar-refractivity contribution < 1.29 is 14.3 Å². The Morgan fingerprint density at radius 3 is 2.88 bits per heavy atom. The molecule has 1 aromatic carbocycles. The second kappa shape index (κ2) is 7.38. The SMILES string of the molecule is CCCCN(Cc1nccn1C)C(=O)[C@H]1COc2ccccc2O1. The maximum absolute atomic E-state index is 12.9. The molecular formula is C18H23N3O3. The molecule has 2 aromatic rings. The molecule has 0 aliphatic carbocycles. The lowest BCUT2D eigenvalue weighted by molar-refractivity contribution is -0.142. The Hall–Kier alpha value is -2.50. The zero-order valence-electron chi connectivity index (χ0n) is 14.1. The molecule has 2 heterocycles. The number of hydrogen-bond acceptors (Lipinski definition) is 4. The summed E-state index contributed by atoms with van der Waals surface area (Å²) in [4.78, 5) is 19.1. The quantitative estimate of drug-likeness (QED) is 0.816. The molecule has 1 aliphatic rings. The fourth-order valence-electron chi connectivity index (χ4n) is 2.68. The van der Waals surface area contributed by atoms with Crippen molar-refractivity contribution in [3.8, 4) is 11.5 Å². The number of amides is 1. The van der Waals surface area contributed by atoms with Gasteiger partial charge in [-0.3, -0.25) is 4.79 Å². The summed E-state index contributed by atoms with van der Waals surface area (Å²) in [5, 5.41) is 0. The van der Waals surface area contributed by atoms with Gasteiger partial charge in [0.25, 0.3) is 5.91 Å². The summed E-state index contributed by atoms with van der Waals surface area (Å²) >= 11 is 0. The van der Waals surface area contributed by atoms with Crippen molar-refractivity contribution in [1.82, 2.24) is 14.5 Å². The molecular weight excluding hydrogens is 306 g/mol. The Morgan fingerprint density at radius 2 is 2.17 bits per heavy atom. The number of aryl methyl sites for hydroxylation is 1. The number of nitrogens with zero attached hydrogens (tertiary/aromatic N) is 3. The first-order valence-electron chi connectivity index (χ1n) is 8.32. The van der Waals surface area contributed by atoms with Gasteiger partial charge in [-0.1, -0.05) is 25.5 Å². The number of imidazole rings is 1. The van der Waals surface area contributed by atoms with Gasteiger partial charge >= 0.3 is 0 Å². The second-order valence-electron chi connectivity index (χ2n) is 5.93. The highest BCUT2D eigenvalue weighted by atomic mass is 16.6. The number of hydrogen-bond donors (Lipinski definition) is 0. The molecule has 6 nitrogen and oxygen atoms in total. The number of aromatic nitrogens is 2. The van der Waals surface area contributed by atoms with E-state index in [9.17, 15) is 4.79 Å². The zero-order chi connectivity index (χ0) is 16.9. The molecule has 1 aromatic heterocycles. The van der Waals surface area contributed by atoms with Crippen LogP contribution in [0.15, 0.2) is 36.7 Å².